The van der Waals surface area contributed by atoms with Crippen LogP contribution < -0.4 is 10.6 Å². The van der Waals surface area contributed by atoms with Gasteiger partial charge in [-0.25, -0.2) is 14.4 Å². The van der Waals surface area contributed by atoms with E-state index in [1.54, 1.807) is 16.8 Å². The molecular formula is C19H22N2O5S. The quantitative estimate of drug-likeness (QED) is 0.498. The van der Waals surface area contributed by atoms with E-state index in [4.69, 9.17) is 10.5 Å². The number of carboxylic acid groups (broad SMARTS) is 1. The van der Waals surface area contributed by atoms with Crippen molar-refractivity contribution >= 4 is 34.9 Å². The molecule has 1 aromatic heterocycles. The van der Waals surface area contributed by atoms with E-state index < -0.39 is 30.0 Å². The summed E-state index contributed by atoms with van der Waals surface area (Å²) >= 11 is 1.38. The molecule has 0 aliphatic carbocycles. The van der Waals surface area contributed by atoms with E-state index in [9.17, 15) is 19.5 Å². The first-order valence-electron chi connectivity index (χ1n) is 8.44. The summed E-state index contributed by atoms with van der Waals surface area (Å²) in [6, 6.07) is 9.35. The summed E-state index contributed by atoms with van der Waals surface area (Å²) in [7, 11) is 0. The lowest BCUT2D eigenvalue weighted by Gasteiger charge is -2.29. The number of carbonyl (C=O) groups is 3. The first kappa shape index (κ1) is 20.6. The van der Waals surface area contributed by atoms with Crippen LogP contribution in [0.1, 0.15) is 18.9 Å². The number of hydrogen-bond acceptors (Lipinski definition) is 7. The number of benzene rings is 1. The highest BCUT2D eigenvalue weighted by atomic mass is 32.1. The molecule has 27 heavy (non-hydrogen) atoms. The number of carbonyl (C=O) groups excluding carboxylic acids is 2. The fraction of sp³-hybridized carbons (Fsp3) is 0.316. The van der Waals surface area contributed by atoms with Crippen molar-refractivity contribution < 1.29 is 24.2 Å². The van der Waals surface area contributed by atoms with Crippen molar-refractivity contribution in [3.05, 3.63) is 52.7 Å². The number of aryl methyl sites for hydroxylation is 1. The van der Waals surface area contributed by atoms with Crippen LogP contribution in [-0.4, -0.2) is 41.6 Å². The normalized spacial score (nSPS) is 12.8. The summed E-state index contributed by atoms with van der Waals surface area (Å²) in [5.74, 6) is -2.74. The number of ether oxygens (including phenoxy) is 1. The number of aliphatic carboxylic acids is 1. The predicted octanol–water partition coefficient (Wildman–Crippen LogP) is 2.06. The molecule has 1 aromatic carbocycles. The molecule has 2 atom stereocenters. The number of nitrogens with two attached hydrogens (primary N) is 1. The minimum Gasteiger partial charge on any atom is -0.480 e. The Labute approximate surface area is 161 Å². The lowest BCUT2D eigenvalue weighted by Crippen LogP contribution is -2.45. The van der Waals surface area contributed by atoms with Crippen molar-refractivity contribution in [3.8, 4) is 0 Å². The van der Waals surface area contributed by atoms with Crippen LogP contribution in [-0.2, 0) is 25.5 Å². The molecule has 3 N–H and O–H groups in total. The highest BCUT2D eigenvalue weighted by molar-refractivity contribution is 7.08. The van der Waals surface area contributed by atoms with E-state index in [2.05, 4.69) is 0 Å². The summed E-state index contributed by atoms with van der Waals surface area (Å²) in [6.07, 6.45) is 0.829. The molecule has 0 spiro atoms. The Bertz CT molecular complexity index is 762. The van der Waals surface area contributed by atoms with Crippen LogP contribution in [0.15, 0.2) is 47.2 Å². The van der Waals surface area contributed by atoms with Gasteiger partial charge in [0.05, 0.1) is 0 Å². The van der Waals surface area contributed by atoms with E-state index in [0.29, 0.717) is 18.5 Å². The SMILES string of the molecule is C[C@H](N)C(=O)OC(=O)CN(c1ccsc1)C(CCc1ccccc1)C(=O)O. The molecule has 0 fully saturated rings. The standard InChI is InChI=1S/C19H22N2O5S/c1-13(20)19(25)26-17(22)11-21(15-9-10-27-12-15)16(18(23)24)8-7-14-5-3-2-4-6-14/h2-6,9-10,12-13,16H,7-8,11,20H2,1H3,(H,23,24)/t13-,16?/m0/s1. The lowest BCUT2D eigenvalue weighted by molar-refractivity contribution is -0.159. The van der Waals surface area contributed by atoms with Crippen LogP contribution in [0.3, 0.4) is 0 Å². The highest BCUT2D eigenvalue weighted by Crippen LogP contribution is 2.23. The summed E-state index contributed by atoms with van der Waals surface area (Å²) < 4.78 is 4.70. The molecule has 1 heterocycles. The molecule has 7 nitrogen and oxygen atoms in total. The van der Waals surface area contributed by atoms with Crippen molar-refractivity contribution in [1.29, 1.82) is 0 Å². The molecule has 0 aliphatic rings. The van der Waals surface area contributed by atoms with Crippen molar-refractivity contribution in [3.63, 3.8) is 0 Å². The Morgan fingerprint density at radius 3 is 2.48 bits per heavy atom. The third-order valence-electron chi connectivity index (χ3n) is 3.93. The summed E-state index contributed by atoms with van der Waals surface area (Å²) in [4.78, 5) is 37.0. The number of rotatable bonds is 9. The van der Waals surface area contributed by atoms with Crippen molar-refractivity contribution in [1.82, 2.24) is 0 Å². The molecule has 2 aromatic rings. The largest absolute Gasteiger partial charge is 0.480 e. The minimum atomic E-state index is -1.05. The van der Waals surface area contributed by atoms with E-state index in [1.165, 1.54) is 23.2 Å². The zero-order valence-electron chi connectivity index (χ0n) is 14.9. The first-order chi connectivity index (χ1) is 12.9. The topological polar surface area (TPSA) is 110 Å². The predicted molar refractivity (Wildman–Crippen MR) is 103 cm³/mol. The average Bonchev–Trinajstić information content (AvgIpc) is 3.15. The minimum absolute atomic E-state index is 0.295. The third kappa shape index (κ3) is 6.19. The second-order valence-electron chi connectivity index (χ2n) is 6.07. The van der Waals surface area contributed by atoms with Gasteiger partial charge >= 0.3 is 17.9 Å². The fourth-order valence-electron chi connectivity index (χ4n) is 2.54. The van der Waals surface area contributed by atoms with E-state index >= 15 is 0 Å². The Hall–Kier alpha value is -2.71. The van der Waals surface area contributed by atoms with Gasteiger partial charge < -0.3 is 20.5 Å². The summed E-state index contributed by atoms with van der Waals surface area (Å²) in [5, 5.41) is 13.3. The zero-order valence-corrected chi connectivity index (χ0v) is 15.7. The summed E-state index contributed by atoms with van der Waals surface area (Å²) in [6.45, 7) is 1.05. The zero-order chi connectivity index (χ0) is 19.8. The van der Waals surface area contributed by atoms with Gasteiger partial charge in [-0.2, -0.15) is 11.3 Å². The number of anilines is 1. The van der Waals surface area contributed by atoms with Gasteiger partial charge in [-0.1, -0.05) is 30.3 Å². The van der Waals surface area contributed by atoms with Crippen LogP contribution in [0, 0.1) is 0 Å². The maximum atomic E-state index is 12.1. The second-order valence-corrected chi connectivity index (χ2v) is 6.85. The molecule has 8 heteroatoms. The van der Waals surface area contributed by atoms with Crippen LogP contribution >= 0.6 is 11.3 Å². The van der Waals surface area contributed by atoms with Gasteiger partial charge in [0.15, 0.2) is 0 Å². The smallest absolute Gasteiger partial charge is 0.333 e. The van der Waals surface area contributed by atoms with Crippen LogP contribution in [0.4, 0.5) is 5.69 Å². The maximum absolute atomic E-state index is 12.1. The molecule has 0 amide bonds. The van der Waals surface area contributed by atoms with Crippen LogP contribution in [0.25, 0.3) is 0 Å². The van der Waals surface area contributed by atoms with E-state index in [1.807, 2.05) is 30.3 Å². The van der Waals surface area contributed by atoms with Crippen LogP contribution in [0.2, 0.25) is 0 Å². The van der Waals surface area contributed by atoms with Gasteiger partial charge in [-0.05, 0) is 36.8 Å². The third-order valence-corrected chi connectivity index (χ3v) is 4.60. The van der Waals surface area contributed by atoms with Gasteiger partial charge in [-0.15, -0.1) is 0 Å². The Kier molecular flexibility index (Phi) is 7.51. The fourth-order valence-corrected chi connectivity index (χ4v) is 3.19. The second kappa shape index (κ2) is 9.84. The number of esters is 2. The number of hydrogen-bond donors (Lipinski definition) is 2. The molecule has 2 rings (SSSR count). The van der Waals surface area contributed by atoms with Gasteiger partial charge in [0.2, 0.25) is 0 Å². The maximum Gasteiger partial charge on any atom is 0.333 e. The number of thiophene rings is 1. The molecule has 0 saturated carbocycles. The molecule has 144 valence electrons. The highest BCUT2D eigenvalue weighted by Gasteiger charge is 2.29. The average molecular weight is 390 g/mol. The molecule has 0 saturated heterocycles. The van der Waals surface area contributed by atoms with Gasteiger partial charge in [0.25, 0.3) is 0 Å². The number of carboxylic acids is 1. The van der Waals surface area contributed by atoms with Crippen molar-refractivity contribution in [2.75, 3.05) is 11.4 Å². The monoisotopic (exact) mass is 390 g/mol. The summed E-state index contributed by atoms with van der Waals surface area (Å²) in [5.41, 5.74) is 6.99. The Morgan fingerprint density at radius 2 is 1.93 bits per heavy atom. The van der Waals surface area contributed by atoms with Gasteiger partial charge in [-0.3, -0.25) is 0 Å². The van der Waals surface area contributed by atoms with E-state index in [0.717, 1.165) is 5.56 Å². The number of nitrogens with zero attached hydrogens (tertiary/aromatic N) is 1. The first-order valence-corrected chi connectivity index (χ1v) is 9.38. The van der Waals surface area contributed by atoms with Crippen LogP contribution in [0.5, 0.6) is 0 Å². The van der Waals surface area contributed by atoms with E-state index in [-0.39, 0.29) is 6.54 Å². The molecule has 0 radical (unpaired) electrons. The molecular weight excluding hydrogens is 368 g/mol. The van der Waals surface area contributed by atoms with Gasteiger partial charge in [0, 0.05) is 11.1 Å². The molecule has 0 aliphatic heterocycles. The lowest BCUT2D eigenvalue weighted by atomic mass is 10.0. The van der Waals surface area contributed by atoms with Crippen molar-refractivity contribution in [2.45, 2.75) is 31.8 Å². The van der Waals surface area contributed by atoms with Crippen molar-refractivity contribution in [2.24, 2.45) is 5.73 Å². The molecule has 1 unspecified atom stereocenters. The Morgan fingerprint density at radius 1 is 1.22 bits per heavy atom. The Balaban J connectivity index is 2.15. The molecule has 0 bridgehead atoms. The van der Waals surface area contributed by atoms with Gasteiger partial charge in [0.1, 0.15) is 18.6 Å².